The van der Waals surface area contributed by atoms with Gasteiger partial charge in [-0.2, -0.15) is 0 Å². The smallest absolute Gasteiger partial charge is 0.150 e. The lowest BCUT2D eigenvalue weighted by atomic mass is 10.1. The van der Waals surface area contributed by atoms with Crippen molar-refractivity contribution in [3.05, 3.63) is 29.6 Å². The van der Waals surface area contributed by atoms with E-state index in [1.54, 1.807) is 13.8 Å². The summed E-state index contributed by atoms with van der Waals surface area (Å²) in [6.07, 6.45) is 0.409. The van der Waals surface area contributed by atoms with Crippen molar-refractivity contribution in [3.63, 3.8) is 0 Å². The van der Waals surface area contributed by atoms with Crippen molar-refractivity contribution in [2.45, 2.75) is 26.3 Å². The van der Waals surface area contributed by atoms with Crippen LogP contribution in [0.3, 0.4) is 0 Å². The molecule has 0 unspecified atom stereocenters. The second-order valence-corrected chi connectivity index (χ2v) is 6.88. The van der Waals surface area contributed by atoms with E-state index in [1.807, 2.05) is 0 Å². The van der Waals surface area contributed by atoms with Crippen molar-refractivity contribution in [3.8, 4) is 5.75 Å². The molecule has 0 aliphatic carbocycles. The molecule has 1 rings (SSSR count). The van der Waals surface area contributed by atoms with Crippen LogP contribution in [0.1, 0.15) is 31.9 Å². The van der Waals surface area contributed by atoms with E-state index in [1.165, 1.54) is 18.2 Å². The topological polar surface area (TPSA) is 69.4 Å². The van der Waals surface area contributed by atoms with E-state index in [0.29, 0.717) is 17.7 Å². The quantitative estimate of drug-likeness (QED) is 0.780. The number of halogens is 1. The van der Waals surface area contributed by atoms with Gasteiger partial charge >= 0.3 is 0 Å². The molecule has 19 heavy (non-hydrogen) atoms. The Morgan fingerprint density at radius 1 is 1.42 bits per heavy atom. The Balaban J connectivity index is 2.59. The predicted molar refractivity (Wildman–Crippen MR) is 73.4 cm³/mol. The minimum Gasteiger partial charge on any atom is -0.493 e. The summed E-state index contributed by atoms with van der Waals surface area (Å²) in [6.45, 7) is 3.62. The molecule has 4 nitrogen and oxygen atoms in total. The zero-order valence-electron chi connectivity index (χ0n) is 11.2. The van der Waals surface area contributed by atoms with Crippen LogP contribution in [-0.2, 0) is 9.84 Å². The minimum atomic E-state index is -2.97. The van der Waals surface area contributed by atoms with Crippen LogP contribution >= 0.6 is 0 Å². The highest BCUT2D eigenvalue weighted by Gasteiger charge is 2.11. The van der Waals surface area contributed by atoms with Crippen LogP contribution in [0.5, 0.6) is 5.75 Å². The van der Waals surface area contributed by atoms with Gasteiger partial charge in [0, 0.05) is 17.4 Å². The number of ether oxygens (including phenoxy) is 1. The first-order valence-electron chi connectivity index (χ1n) is 6.24. The van der Waals surface area contributed by atoms with Crippen LogP contribution in [0, 0.1) is 5.82 Å². The van der Waals surface area contributed by atoms with Gasteiger partial charge in [-0.05, 0) is 31.5 Å². The van der Waals surface area contributed by atoms with Gasteiger partial charge < -0.3 is 10.5 Å². The summed E-state index contributed by atoms with van der Waals surface area (Å²) >= 11 is 0. The molecule has 108 valence electrons. The monoisotopic (exact) mass is 289 g/mol. The maximum Gasteiger partial charge on any atom is 0.150 e. The first kappa shape index (κ1) is 15.9. The van der Waals surface area contributed by atoms with Gasteiger partial charge in [0.1, 0.15) is 21.4 Å². The van der Waals surface area contributed by atoms with Gasteiger partial charge in [0.15, 0.2) is 0 Å². The molecule has 0 aromatic heterocycles. The van der Waals surface area contributed by atoms with Crippen LogP contribution in [0.4, 0.5) is 4.39 Å². The zero-order valence-corrected chi connectivity index (χ0v) is 12.0. The van der Waals surface area contributed by atoms with Gasteiger partial charge in [-0.1, -0.05) is 6.92 Å². The molecule has 0 saturated carbocycles. The molecular weight excluding hydrogens is 269 g/mol. The number of hydrogen-bond donors (Lipinski definition) is 1. The molecular formula is C13H20FNO3S. The van der Waals surface area contributed by atoms with E-state index >= 15 is 0 Å². The summed E-state index contributed by atoms with van der Waals surface area (Å²) in [5, 5.41) is 0. The summed E-state index contributed by atoms with van der Waals surface area (Å²) in [5.41, 5.74) is 6.32. The Kier molecular flexibility index (Phi) is 5.75. The van der Waals surface area contributed by atoms with E-state index in [9.17, 15) is 12.8 Å². The molecule has 1 aromatic carbocycles. The largest absolute Gasteiger partial charge is 0.493 e. The summed E-state index contributed by atoms with van der Waals surface area (Å²) in [7, 11) is -2.97. The average Bonchev–Trinajstić information content (AvgIpc) is 2.36. The van der Waals surface area contributed by atoms with E-state index < -0.39 is 9.84 Å². The summed E-state index contributed by atoms with van der Waals surface area (Å²) in [5.74, 6) is 0.367. The summed E-state index contributed by atoms with van der Waals surface area (Å²) < 4.78 is 41.2. The second-order valence-electron chi connectivity index (χ2n) is 4.41. The third-order valence-electron chi connectivity index (χ3n) is 2.76. The first-order valence-corrected chi connectivity index (χ1v) is 8.06. The van der Waals surface area contributed by atoms with Crippen molar-refractivity contribution >= 4 is 9.84 Å². The minimum absolute atomic E-state index is 0.0954. The molecule has 1 aromatic rings. The van der Waals surface area contributed by atoms with Crippen molar-refractivity contribution in [1.29, 1.82) is 0 Å². The SMILES string of the molecule is CCS(=O)(=O)CCCOc1ccc(F)cc1[C@@H](C)N. The van der Waals surface area contributed by atoms with Gasteiger partial charge in [-0.3, -0.25) is 0 Å². The molecule has 0 aliphatic rings. The molecule has 1 atom stereocenters. The van der Waals surface area contributed by atoms with Crippen LogP contribution in [0.25, 0.3) is 0 Å². The molecule has 0 bridgehead atoms. The molecule has 0 radical (unpaired) electrons. The van der Waals surface area contributed by atoms with Crippen LogP contribution in [-0.4, -0.2) is 26.5 Å². The van der Waals surface area contributed by atoms with Crippen LogP contribution < -0.4 is 10.5 Å². The zero-order chi connectivity index (χ0) is 14.5. The molecule has 0 spiro atoms. The van der Waals surface area contributed by atoms with Crippen molar-refractivity contribution < 1.29 is 17.5 Å². The highest BCUT2D eigenvalue weighted by atomic mass is 32.2. The van der Waals surface area contributed by atoms with E-state index in [4.69, 9.17) is 10.5 Å². The first-order chi connectivity index (χ1) is 8.85. The van der Waals surface area contributed by atoms with Crippen LogP contribution in [0.15, 0.2) is 18.2 Å². The maximum absolute atomic E-state index is 13.1. The van der Waals surface area contributed by atoms with Crippen molar-refractivity contribution in [1.82, 2.24) is 0 Å². The van der Waals surface area contributed by atoms with Gasteiger partial charge in [0.25, 0.3) is 0 Å². The summed E-state index contributed by atoms with van der Waals surface area (Å²) in [6, 6.07) is 3.81. The summed E-state index contributed by atoms with van der Waals surface area (Å²) in [4.78, 5) is 0. The molecule has 0 fully saturated rings. The maximum atomic E-state index is 13.1. The highest BCUT2D eigenvalue weighted by molar-refractivity contribution is 7.91. The molecule has 2 N–H and O–H groups in total. The fraction of sp³-hybridized carbons (Fsp3) is 0.538. The predicted octanol–water partition coefficient (Wildman–Crippen LogP) is 2.05. The number of hydrogen-bond acceptors (Lipinski definition) is 4. The normalized spacial score (nSPS) is 13.3. The second kappa shape index (κ2) is 6.86. The third-order valence-corrected chi connectivity index (χ3v) is 4.55. The molecule has 0 heterocycles. The number of sulfone groups is 1. The Bertz CT molecular complexity index is 515. The van der Waals surface area contributed by atoms with E-state index in [2.05, 4.69) is 0 Å². The average molecular weight is 289 g/mol. The standard InChI is InChI=1S/C13H20FNO3S/c1-3-19(16,17)8-4-7-18-13-6-5-11(14)9-12(13)10(2)15/h5-6,9-10H,3-4,7-8,15H2,1-2H3/t10-/m1/s1. The fourth-order valence-electron chi connectivity index (χ4n) is 1.61. The van der Waals surface area contributed by atoms with Crippen molar-refractivity contribution in [2.75, 3.05) is 18.1 Å². The Labute approximate surface area is 113 Å². The van der Waals surface area contributed by atoms with E-state index in [-0.39, 0.29) is 30.0 Å². The lowest BCUT2D eigenvalue weighted by Gasteiger charge is -2.14. The van der Waals surface area contributed by atoms with Crippen molar-refractivity contribution in [2.24, 2.45) is 5.73 Å². The molecule has 0 amide bonds. The van der Waals surface area contributed by atoms with Gasteiger partial charge in [-0.25, -0.2) is 12.8 Å². The van der Waals surface area contributed by atoms with E-state index in [0.717, 1.165) is 0 Å². The molecule has 0 aliphatic heterocycles. The lowest BCUT2D eigenvalue weighted by Crippen LogP contribution is -2.13. The number of benzene rings is 1. The Morgan fingerprint density at radius 2 is 2.11 bits per heavy atom. The Morgan fingerprint density at radius 3 is 2.68 bits per heavy atom. The molecule has 6 heteroatoms. The van der Waals surface area contributed by atoms with Gasteiger partial charge in [0.05, 0.1) is 12.4 Å². The van der Waals surface area contributed by atoms with Crippen LogP contribution in [0.2, 0.25) is 0 Å². The lowest BCUT2D eigenvalue weighted by molar-refractivity contribution is 0.312. The highest BCUT2D eigenvalue weighted by Crippen LogP contribution is 2.24. The van der Waals surface area contributed by atoms with Gasteiger partial charge in [0.2, 0.25) is 0 Å². The van der Waals surface area contributed by atoms with Gasteiger partial charge in [-0.15, -0.1) is 0 Å². The molecule has 0 saturated heterocycles. The fourth-order valence-corrected chi connectivity index (χ4v) is 2.46. The number of nitrogens with two attached hydrogens (primary N) is 1. The third kappa shape index (κ3) is 5.16. The Hall–Kier alpha value is -1.14. The number of rotatable bonds is 7.